The van der Waals surface area contributed by atoms with E-state index in [0.717, 1.165) is 17.7 Å². The summed E-state index contributed by atoms with van der Waals surface area (Å²) in [5.74, 6) is 2.69. The Balaban J connectivity index is 1.94. The molecule has 0 aromatic carbocycles. The van der Waals surface area contributed by atoms with Gasteiger partial charge in [0.05, 0.1) is 5.82 Å². The van der Waals surface area contributed by atoms with Crippen LogP contribution in [-0.4, -0.2) is 16.0 Å². The van der Waals surface area contributed by atoms with E-state index in [2.05, 4.69) is 81.3 Å². The van der Waals surface area contributed by atoms with E-state index in [1.807, 2.05) is 0 Å². The molecule has 6 atom stereocenters. The molecule has 0 saturated heterocycles. The maximum absolute atomic E-state index is 4.27. The van der Waals surface area contributed by atoms with Crippen LogP contribution in [0.15, 0.2) is 12.4 Å². The van der Waals surface area contributed by atoms with E-state index in [0.29, 0.717) is 32.3 Å². The third-order valence-electron chi connectivity index (χ3n) is 8.06. The van der Waals surface area contributed by atoms with Crippen molar-refractivity contribution in [2.75, 3.05) is 0 Å². The van der Waals surface area contributed by atoms with Gasteiger partial charge in [-0.1, -0.05) is 69.7 Å². The number of nitrogens with one attached hydrogen (secondary N) is 2. The molecule has 2 nitrogen and oxygen atoms in total. The van der Waals surface area contributed by atoms with E-state index in [-0.39, 0.29) is 0 Å². The lowest BCUT2D eigenvalue weighted by Crippen LogP contribution is -2.51. The number of halogens is 1. The zero-order chi connectivity index (χ0) is 19.3. The standard InChI is InChI=1S/C23H41IN2/c1-15(2)25-16(3)26-18-10-13-22(6)11-8-9-12-23(7)17(19(18)24)14-21(4,5)20(22)23/h15,17-20,25-26H,3,8-14H2,1-2,4-7H3. The number of rotatable bonds is 4. The summed E-state index contributed by atoms with van der Waals surface area (Å²) in [6.45, 7) is 19.1. The van der Waals surface area contributed by atoms with Crippen LogP contribution >= 0.6 is 22.6 Å². The molecule has 3 saturated carbocycles. The minimum Gasteiger partial charge on any atom is -0.370 e. The Bertz CT molecular complexity index is 542. The van der Waals surface area contributed by atoms with Crippen molar-refractivity contribution in [1.82, 2.24) is 10.6 Å². The molecule has 3 rings (SSSR count). The second-order valence-electron chi connectivity index (χ2n) is 11.1. The first kappa shape index (κ1) is 20.8. The van der Waals surface area contributed by atoms with Crippen molar-refractivity contribution in [2.45, 2.75) is 102 Å². The number of alkyl halides is 1. The van der Waals surface area contributed by atoms with Crippen LogP contribution in [0.3, 0.4) is 0 Å². The lowest BCUT2D eigenvalue weighted by Gasteiger charge is -2.52. The third-order valence-corrected chi connectivity index (χ3v) is 9.80. The Morgan fingerprint density at radius 3 is 2.38 bits per heavy atom. The fourth-order valence-electron chi connectivity index (χ4n) is 7.71. The molecular formula is C23H41IN2. The van der Waals surface area contributed by atoms with Crippen molar-refractivity contribution >= 4 is 22.6 Å². The maximum atomic E-state index is 4.27. The van der Waals surface area contributed by atoms with Gasteiger partial charge in [-0.05, 0) is 74.0 Å². The minimum absolute atomic E-state index is 0.434. The van der Waals surface area contributed by atoms with Gasteiger partial charge in [0, 0.05) is 16.0 Å². The second kappa shape index (κ2) is 7.15. The molecule has 3 aliphatic rings. The smallest absolute Gasteiger partial charge is 0.0916 e. The Morgan fingerprint density at radius 2 is 1.73 bits per heavy atom. The Kier molecular flexibility index (Phi) is 5.72. The van der Waals surface area contributed by atoms with Crippen molar-refractivity contribution in [3.05, 3.63) is 12.4 Å². The molecule has 0 spiro atoms. The van der Waals surface area contributed by atoms with Gasteiger partial charge in [0.2, 0.25) is 0 Å². The molecule has 3 heteroatoms. The molecule has 3 aliphatic carbocycles. The highest BCUT2D eigenvalue weighted by Crippen LogP contribution is 2.70. The number of hydrogen-bond donors (Lipinski definition) is 2. The zero-order valence-electron chi connectivity index (χ0n) is 17.9. The van der Waals surface area contributed by atoms with Crippen molar-refractivity contribution in [2.24, 2.45) is 28.1 Å². The van der Waals surface area contributed by atoms with E-state index in [1.165, 1.54) is 44.9 Å². The van der Waals surface area contributed by atoms with Crippen LogP contribution in [0.2, 0.25) is 0 Å². The van der Waals surface area contributed by atoms with Crippen molar-refractivity contribution in [3.63, 3.8) is 0 Å². The van der Waals surface area contributed by atoms with Gasteiger partial charge in [-0.25, -0.2) is 0 Å². The fourth-order valence-corrected chi connectivity index (χ4v) is 9.32. The summed E-state index contributed by atoms with van der Waals surface area (Å²) >= 11 is 2.80. The summed E-state index contributed by atoms with van der Waals surface area (Å²) in [5, 5.41) is 7.29. The molecule has 0 amide bonds. The summed E-state index contributed by atoms with van der Waals surface area (Å²) in [5.41, 5.74) is 1.45. The normalized spacial score (nSPS) is 44.8. The summed E-state index contributed by atoms with van der Waals surface area (Å²) in [6, 6.07) is 0.967. The van der Waals surface area contributed by atoms with E-state index in [9.17, 15) is 0 Å². The van der Waals surface area contributed by atoms with Gasteiger partial charge in [-0.3, -0.25) is 0 Å². The topological polar surface area (TPSA) is 24.1 Å². The van der Waals surface area contributed by atoms with E-state index < -0.39 is 0 Å². The lowest BCUT2D eigenvalue weighted by atomic mass is 9.54. The first-order chi connectivity index (χ1) is 12.0. The summed E-state index contributed by atoms with van der Waals surface area (Å²) in [6.07, 6.45) is 9.73. The average Bonchev–Trinajstić information content (AvgIpc) is 2.63. The molecule has 0 heterocycles. The summed E-state index contributed by atoms with van der Waals surface area (Å²) < 4.78 is 0.676. The minimum atomic E-state index is 0.434. The fraction of sp³-hybridized carbons (Fsp3) is 0.913. The largest absolute Gasteiger partial charge is 0.370 e. The van der Waals surface area contributed by atoms with E-state index in [4.69, 9.17) is 0 Å². The van der Waals surface area contributed by atoms with E-state index in [1.54, 1.807) is 0 Å². The molecule has 0 aliphatic heterocycles. The third kappa shape index (κ3) is 3.55. The predicted octanol–water partition coefficient (Wildman–Crippen LogP) is 6.26. The van der Waals surface area contributed by atoms with Crippen LogP contribution in [0.25, 0.3) is 0 Å². The summed E-state index contributed by atoms with van der Waals surface area (Å²) in [4.78, 5) is 0. The molecule has 0 radical (unpaired) electrons. The van der Waals surface area contributed by atoms with Crippen molar-refractivity contribution in [1.29, 1.82) is 0 Å². The molecule has 0 aromatic heterocycles. The van der Waals surface area contributed by atoms with Crippen LogP contribution in [0.4, 0.5) is 0 Å². The van der Waals surface area contributed by atoms with Crippen LogP contribution in [0.5, 0.6) is 0 Å². The molecular weight excluding hydrogens is 431 g/mol. The van der Waals surface area contributed by atoms with Crippen molar-refractivity contribution < 1.29 is 0 Å². The van der Waals surface area contributed by atoms with Gasteiger partial charge in [-0.2, -0.15) is 0 Å². The van der Waals surface area contributed by atoms with Gasteiger partial charge in [-0.15, -0.1) is 0 Å². The molecule has 0 aromatic rings. The molecule has 2 N–H and O–H groups in total. The molecule has 3 fully saturated rings. The highest BCUT2D eigenvalue weighted by Gasteiger charge is 2.64. The second-order valence-corrected chi connectivity index (χ2v) is 12.5. The predicted molar refractivity (Wildman–Crippen MR) is 121 cm³/mol. The quantitative estimate of drug-likeness (QED) is 0.373. The van der Waals surface area contributed by atoms with Gasteiger partial charge < -0.3 is 10.6 Å². The average molecular weight is 472 g/mol. The first-order valence-corrected chi connectivity index (χ1v) is 12.1. The Hall–Kier alpha value is 0.0700. The summed E-state index contributed by atoms with van der Waals surface area (Å²) in [7, 11) is 0. The molecule has 4 bridgehead atoms. The first-order valence-electron chi connectivity index (χ1n) is 10.9. The van der Waals surface area contributed by atoms with Crippen LogP contribution < -0.4 is 10.6 Å². The van der Waals surface area contributed by atoms with Gasteiger partial charge >= 0.3 is 0 Å². The number of hydrogen-bond acceptors (Lipinski definition) is 2. The zero-order valence-corrected chi connectivity index (χ0v) is 20.1. The molecule has 6 unspecified atom stereocenters. The molecule has 26 heavy (non-hydrogen) atoms. The van der Waals surface area contributed by atoms with Crippen LogP contribution in [-0.2, 0) is 0 Å². The van der Waals surface area contributed by atoms with Crippen LogP contribution in [0, 0.1) is 28.1 Å². The monoisotopic (exact) mass is 472 g/mol. The molecule has 150 valence electrons. The van der Waals surface area contributed by atoms with E-state index >= 15 is 0 Å². The Morgan fingerprint density at radius 1 is 1.08 bits per heavy atom. The maximum Gasteiger partial charge on any atom is 0.0916 e. The lowest BCUT2D eigenvalue weighted by molar-refractivity contribution is -0.0198. The van der Waals surface area contributed by atoms with Crippen LogP contribution in [0.1, 0.15) is 86.5 Å². The van der Waals surface area contributed by atoms with Crippen molar-refractivity contribution in [3.8, 4) is 0 Å². The highest BCUT2D eigenvalue weighted by molar-refractivity contribution is 14.1. The van der Waals surface area contributed by atoms with Gasteiger partial charge in [0.15, 0.2) is 0 Å². The highest BCUT2D eigenvalue weighted by atomic mass is 127. The SMILES string of the molecule is C=C(NC(C)C)NC1CCC2(C)CCCCC3(C)C(CC(C)(C)C23)C1I. The van der Waals surface area contributed by atoms with Gasteiger partial charge in [0.25, 0.3) is 0 Å². The van der Waals surface area contributed by atoms with Gasteiger partial charge in [0.1, 0.15) is 0 Å². The Labute approximate surface area is 175 Å².